The SMILES string of the molecule is COc1ccc(CN2CCN(C(=O)CCCc3nc4ccccc4s3)CC2)c(OC)c1OC. The lowest BCUT2D eigenvalue weighted by molar-refractivity contribution is -0.133. The molecule has 3 aromatic rings. The minimum atomic E-state index is 0.236. The van der Waals surface area contributed by atoms with Gasteiger partial charge < -0.3 is 19.1 Å². The lowest BCUT2D eigenvalue weighted by atomic mass is 10.1. The predicted octanol–water partition coefficient (Wildman–Crippen LogP) is 3.99. The quantitative estimate of drug-likeness (QED) is 0.472. The van der Waals surface area contributed by atoms with E-state index in [4.69, 9.17) is 14.2 Å². The number of fused-ring (bicyclic) bond motifs is 1. The molecule has 2 heterocycles. The van der Waals surface area contributed by atoms with Gasteiger partial charge in [0.25, 0.3) is 0 Å². The van der Waals surface area contributed by atoms with Crippen molar-refractivity contribution in [3.8, 4) is 17.2 Å². The van der Waals surface area contributed by atoms with E-state index in [9.17, 15) is 4.79 Å². The molecule has 0 saturated carbocycles. The van der Waals surface area contributed by atoms with Gasteiger partial charge in [0.05, 0.1) is 36.6 Å². The Bertz CT molecular complexity index is 1060. The summed E-state index contributed by atoms with van der Waals surface area (Å²) in [6.45, 7) is 3.90. The predicted molar refractivity (Wildman–Crippen MR) is 131 cm³/mol. The first-order chi connectivity index (χ1) is 16.1. The number of hydrogen-bond acceptors (Lipinski definition) is 7. The fourth-order valence-electron chi connectivity index (χ4n) is 4.26. The normalized spacial score (nSPS) is 14.5. The second kappa shape index (κ2) is 10.9. The standard InChI is InChI=1S/C25H31N3O4S/c1-30-20-12-11-18(24(31-2)25(20)32-3)17-27-13-15-28(16-14-27)23(29)10-6-9-22-26-19-7-4-5-8-21(19)33-22/h4-5,7-8,11-12H,6,9-10,13-17H2,1-3H3. The molecule has 8 heteroatoms. The zero-order chi connectivity index (χ0) is 23.2. The molecule has 0 N–H and O–H groups in total. The minimum absolute atomic E-state index is 0.236. The van der Waals surface area contributed by atoms with Crippen LogP contribution in [0.2, 0.25) is 0 Å². The third kappa shape index (κ3) is 5.39. The van der Waals surface area contributed by atoms with Gasteiger partial charge in [-0.3, -0.25) is 9.69 Å². The molecule has 0 atom stereocenters. The van der Waals surface area contributed by atoms with E-state index in [-0.39, 0.29) is 5.91 Å². The van der Waals surface area contributed by atoms with Crippen molar-refractivity contribution in [2.24, 2.45) is 0 Å². The van der Waals surface area contributed by atoms with Gasteiger partial charge in [0, 0.05) is 44.7 Å². The van der Waals surface area contributed by atoms with Gasteiger partial charge in [-0.15, -0.1) is 11.3 Å². The highest BCUT2D eigenvalue weighted by molar-refractivity contribution is 7.18. The van der Waals surface area contributed by atoms with Gasteiger partial charge in [-0.1, -0.05) is 18.2 Å². The maximum atomic E-state index is 12.7. The molecule has 1 aliphatic rings. The molecule has 0 radical (unpaired) electrons. The molecular formula is C25H31N3O4S. The zero-order valence-electron chi connectivity index (χ0n) is 19.5. The number of rotatable bonds is 9. The van der Waals surface area contributed by atoms with Gasteiger partial charge in [0.15, 0.2) is 11.5 Å². The van der Waals surface area contributed by atoms with E-state index in [1.54, 1.807) is 32.7 Å². The van der Waals surface area contributed by atoms with E-state index in [2.05, 4.69) is 16.0 Å². The number of thiazole rings is 1. The lowest BCUT2D eigenvalue weighted by Crippen LogP contribution is -2.48. The maximum Gasteiger partial charge on any atom is 0.222 e. The van der Waals surface area contributed by atoms with E-state index in [0.29, 0.717) is 23.7 Å². The van der Waals surface area contributed by atoms with Crippen LogP contribution in [-0.4, -0.2) is 68.2 Å². The molecule has 1 aliphatic heterocycles. The van der Waals surface area contributed by atoms with Crippen molar-refractivity contribution < 1.29 is 19.0 Å². The van der Waals surface area contributed by atoms with Crippen LogP contribution >= 0.6 is 11.3 Å². The molecule has 0 bridgehead atoms. The van der Waals surface area contributed by atoms with Crippen molar-refractivity contribution >= 4 is 27.5 Å². The van der Waals surface area contributed by atoms with Crippen LogP contribution in [0, 0.1) is 0 Å². The van der Waals surface area contributed by atoms with E-state index in [1.165, 1.54) is 4.70 Å². The number of carbonyl (C=O) groups excluding carboxylic acids is 1. The maximum absolute atomic E-state index is 12.7. The summed E-state index contributed by atoms with van der Waals surface area (Å²) in [5, 5.41) is 1.11. The molecular weight excluding hydrogens is 438 g/mol. The average molecular weight is 470 g/mol. The summed E-state index contributed by atoms with van der Waals surface area (Å²) in [4.78, 5) is 21.7. The molecule has 1 fully saturated rings. The molecule has 0 spiro atoms. The molecule has 4 rings (SSSR count). The summed E-state index contributed by atoms with van der Waals surface area (Å²) in [6, 6.07) is 12.1. The number of piperazine rings is 1. The first-order valence-electron chi connectivity index (χ1n) is 11.3. The Hall–Kier alpha value is -2.84. The Balaban J connectivity index is 1.26. The van der Waals surface area contributed by atoms with Gasteiger partial charge in [-0.05, 0) is 31.0 Å². The van der Waals surface area contributed by atoms with Crippen molar-refractivity contribution in [1.29, 1.82) is 0 Å². The van der Waals surface area contributed by atoms with Gasteiger partial charge in [-0.2, -0.15) is 0 Å². The van der Waals surface area contributed by atoms with Crippen LogP contribution < -0.4 is 14.2 Å². The van der Waals surface area contributed by atoms with Crippen molar-refractivity contribution in [2.45, 2.75) is 25.8 Å². The molecule has 1 amide bonds. The third-order valence-electron chi connectivity index (χ3n) is 6.02. The summed E-state index contributed by atoms with van der Waals surface area (Å²) >= 11 is 1.72. The van der Waals surface area contributed by atoms with Gasteiger partial charge in [-0.25, -0.2) is 4.98 Å². The fraction of sp³-hybridized carbons (Fsp3) is 0.440. The summed E-state index contributed by atoms with van der Waals surface area (Å²) in [5.41, 5.74) is 2.09. The van der Waals surface area contributed by atoms with Crippen LogP contribution in [0.4, 0.5) is 0 Å². The Labute approximate surface area is 198 Å². The first-order valence-corrected chi connectivity index (χ1v) is 12.1. The van der Waals surface area contributed by atoms with Crippen LogP contribution in [0.15, 0.2) is 36.4 Å². The number of para-hydroxylation sites is 1. The van der Waals surface area contributed by atoms with Gasteiger partial charge in [0.1, 0.15) is 0 Å². The monoisotopic (exact) mass is 469 g/mol. The van der Waals surface area contributed by atoms with Crippen LogP contribution in [-0.2, 0) is 17.8 Å². The first kappa shape index (κ1) is 23.3. The Morgan fingerprint density at radius 1 is 0.970 bits per heavy atom. The van der Waals surface area contributed by atoms with Crippen LogP contribution in [0.25, 0.3) is 10.2 Å². The highest BCUT2D eigenvalue weighted by Crippen LogP contribution is 2.40. The molecule has 1 saturated heterocycles. The Kier molecular flexibility index (Phi) is 7.67. The highest BCUT2D eigenvalue weighted by atomic mass is 32.1. The number of benzene rings is 2. The number of hydrogen-bond donors (Lipinski definition) is 0. The lowest BCUT2D eigenvalue weighted by Gasteiger charge is -2.35. The van der Waals surface area contributed by atoms with Crippen molar-refractivity contribution in [2.75, 3.05) is 47.5 Å². The van der Waals surface area contributed by atoms with E-state index in [0.717, 1.165) is 61.7 Å². The Morgan fingerprint density at radius 3 is 2.42 bits per heavy atom. The summed E-state index contributed by atoms with van der Waals surface area (Å²) in [5.74, 6) is 2.20. The molecule has 0 unspecified atom stereocenters. The number of methoxy groups -OCH3 is 3. The summed E-state index contributed by atoms with van der Waals surface area (Å²) in [6.07, 6.45) is 2.26. The number of aromatic nitrogens is 1. The molecule has 33 heavy (non-hydrogen) atoms. The molecule has 2 aromatic carbocycles. The molecule has 176 valence electrons. The van der Waals surface area contributed by atoms with E-state index < -0.39 is 0 Å². The highest BCUT2D eigenvalue weighted by Gasteiger charge is 2.23. The third-order valence-corrected chi connectivity index (χ3v) is 7.12. The second-order valence-electron chi connectivity index (χ2n) is 8.08. The van der Waals surface area contributed by atoms with E-state index in [1.807, 2.05) is 35.2 Å². The van der Waals surface area contributed by atoms with Gasteiger partial charge >= 0.3 is 0 Å². The molecule has 1 aromatic heterocycles. The van der Waals surface area contributed by atoms with Crippen molar-refractivity contribution in [3.05, 3.63) is 47.0 Å². The zero-order valence-corrected chi connectivity index (χ0v) is 20.3. The number of aryl methyl sites for hydroxylation is 1. The number of ether oxygens (including phenoxy) is 3. The van der Waals surface area contributed by atoms with E-state index >= 15 is 0 Å². The number of amides is 1. The molecule has 0 aliphatic carbocycles. The van der Waals surface area contributed by atoms with Crippen molar-refractivity contribution in [3.63, 3.8) is 0 Å². The average Bonchev–Trinajstić information content (AvgIpc) is 3.26. The van der Waals surface area contributed by atoms with Crippen LogP contribution in [0.3, 0.4) is 0 Å². The van der Waals surface area contributed by atoms with Crippen molar-refractivity contribution in [1.82, 2.24) is 14.8 Å². The Morgan fingerprint density at radius 2 is 1.73 bits per heavy atom. The largest absolute Gasteiger partial charge is 0.493 e. The molecule has 7 nitrogen and oxygen atoms in total. The smallest absolute Gasteiger partial charge is 0.222 e. The fourth-order valence-corrected chi connectivity index (χ4v) is 5.27. The topological polar surface area (TPSA) is 64.1 Å². The van der Waals surface area contributed by atoms with Gasteiger partial charge in [0.2, 0.25) is 11.7 Å². The van der Waals surface area contributed by atoms with Crippen LogP contribution in [0.5, 0.6) is 17.2 Å². The van der Waals surface area contributed by atoms with Crippen LogP contribution in [0.1, 0.15) is 23.4 Å². The summed E-state index contributed by atoms with van der Waals surface area (Å²) in [7, 11) is 4.88. The number of carbonyl (C=O) groups is 1. The number of nitrogens with zero attached hydrogens (tertiary/aromatic N) is 3. The second-order valence-corrected chi connectivity index (χ2v) is 9.19. The summed E-state index contributed by atoms with van der Waals surface area (Å²) < 4.78 is 17.7. The minimum Gasteiger partial charge on any atom is -0.493 e.